The Kier molecular flexibility index (Phi) is 5.06. The molecule has 1 aromatic rings. The van der Waals surface area contributed by atoms with E-state index < -0.39 is 19.9 Å². The van der Waals surface area contributed by atoms with Gasteiger partial charge in [0.25, 0.3) is 0 Å². The van der Waals surface area contributed by atoms with Crippen molar-refractivity contribution in [1.29, 1.82) is 0 Å². The van der Waals surface area contributed by atoms with Crippen LogP contribution in [-0.4, -0.2) is 54.1 Å². The Bertz CT molecular complexity index is 459. The molecule has 1 aliphatic heterocycles. The lowest BCUT2D eigenvalue weighted by Crippen LogP contribution is -2.51. The zero-order valence-electron chi connectivity index (χ0n) is 10.9. The van der Waals surface area contributed by atoms with Gasteiger partial charge < -0.3 is 19.8 Å². The van der Waals surface area contributed by atoms with Crippen molar-refractivity contribution in [3.05, 3.63) is 30.3 Å². The molecule has 0 bridgehead atoms. The zero-order valence-corrected chi connectivity index (χ0v) is 11.8. The van der Waals surface area contributed by atoms with E-state index in [1.165, 1.54) is 0 Å². The van der Waals surface area contributed by atoms with Gasteiger partial charge in [0.05, 0.1) is 18.6 Å². The Labute approximate surface area is 118 Å². The van der Waals surface area contributed by atoms with Crippen LogP contribution >= 0.6 is 7.92 Å². The van der Waals surface area contributed by atoms with Crippen LogP contribution in [0.3, 0.4) is 0 Å². The van der Waals surface area contributed by atoms with E-state index in [4.69, 9.17) is 0 Å². The van der Waals surface area contributed by atoms with Crippen LogP contribution in [0.1, 0.15) is 0 Å². The first-order valence-electron chi connectivity index (χ1n) is 6.19. The average molecular weight is 294 g/mol. The van der Waals surface area contributed by atoms with Crippen LogP contribution in [0.2, 0.25) is 0 Å². The first-order valence-corrected chi connectivity index (χ1v) is 7.90. The van der Waals surface area contributed by atoms with E-state index in [1.54, 1.807) is 9.80 Å². The average Bonchev–Trinajstić information content (AvgIpc) is 2.38. The predicted molar refractivity (Wildman–Crippen MR) is 71.0 cm³/mol. The number of nitrogens with zero attached hydrogens (tertiary/aromatic N) is 2. The summed E-state index contributed by atoms with van der Waals surface area (Å²) in [5.74, 6) is -2.30. The summed E-state index contributed by atoms with van der Waals surface area (Å²) >= 11 is 0. The Morgan fingerprint density at radius 2 is 1.50 bits per heavy atom. The van der Waals surface area contributed by atoms with Gasteiger partial charge >= 0.3 is 0 Å². The first kappa shape index (κ1) is 14.9. The minimum atomic E-state index is -1.15. The summed E-state index contributed by atoms with van der Waals surface area (Å²) in [5, 5.41) is 22.6. The van der Waals surface area contributed by atoms with E-state index in [-0.39, 0.29) is 13.1 Å². The molecule has 1 heterocycles. The van der Waals surface area contributed by atoms with Gasteiger partial charge in [-0.2, -0.15) is 0 Å². The summed E-state index contributed by atoms with van der Waals surface area (Å²) in [6, 6.07) is 9.76. The summed E-state index contributed by atoms with van der Waals surface area (Å²) in [4.78, 5) is 24.9. The molecule has 0 aliphatic carbocycles. The summed E-state index contributed by atoms with van der Waals surface area (Å²) < 4.78 is 0. The van der Waals surface area contributed by atoms with Crippen LogP contribution in [0, 0.1) is 0 Å². The van der Waals surface area contributed by atoms with Gasteiger partial charge in [-0.05, 0) is 13.2 Å². The van der Waals surface area contributed by atoms with Gasteiger partial charge in [-0.15, -0.1) is 0 Å². The first-order chi connectivity index (χ1) is 9.54. The molecule has 1 aromatic carbocycles. The minimum Gasteiger partial charge on any atom is -0.549 e. The molecule has 2 rings (SSSR count). The fourth-order valence-corrected chi connectivity index (χ4v) is 4.62. The molecular weight excluding hydrogens is 279 g/mol. The van der Waals surface area contributed by atoms with E-state index in [1.807, 2.05) is 30.3 Å². The number of carboxylic acid groups (broad SMARTS) is 2. The van der Waals surface area contributed by atoms with Crippen molar-refractivity contribution in [3.8, 4) is 0 Å². The van der Waals surface area contributed by atoms with Crippen LogP contribution in [-0.2, 0) is 9.59 Å². The fourth-order valence-electron chi connectivity index (χ4n) is 2.27. The van der Waals surface area contributed by atoms with Crippen LogP contribution in [0.15, 0.2) is 30.3 Å². The molecule has 0 spiro atoms. The lowest BCUT2D eigenvalue weighted by molar-refractivity contribution is -0.306. The SMILES string of the molecule is O=C([O-])CN1CN(CC(=O)[O-])CP(c2ccccc2)C1. The highest BCUT2D eigenvalue weighted by molar-refractivity contribution is 7.65. The van der Waals surface area contributed by atoms with E-state index in [2.05, 4.69) is 0 Å². The van der Waals surface area contributed by atoms with E-state index in [0.29, 0.717) is 19.2 Å². The van der Waals surface area contributed by atoms with Crippen molar-refractivity contribution in [2.75, 3.05) is 32.3 Å². The molecule has 0 unspecified atom stereocenters. The topological polar surface area (TPSA) is 86.7 Å². The number of hydrogen-bond donors (Lipinski definition) is 0. The highest BCUT2D eigenvalue weighted by Gasteiger charge is 2.26. The Morgan fingerprint density at radius 3 is 1.95 bits per heavy atom. The third kappa shape index (κ3) is 4.27. The van der Waals surface area contributed by atoms with Gasteiger partial charge in [0, 0.05) is 25.7 Å². The smallest absolute Gasteiger partial charge is 0.0555 e. The standard InChI is InChI=1S/C13H17N2O4P/c16-12(17)6-14-8-15(7-13(18)19)10-20(9-14)11-4-2-1-3-5-11/h1-5H,6-10H2,(H,16,17)(H,18,19)/p-2. The van der Waals surface area contributed by atoms with Crippen molar-refractivity contribution in [1.82, 2.24) is 9.80 Å². The molecule has 0 atom stereocenters. The van der Waals surface area contributed by atoms with Crippen molar-refractivity contribution in [2.24, 2.45) is 0 Å². The van der Waals surface area contributed by atoms with Gasteiger partial charge in [0.2, 0.25) is 0 Å². The molecule has 7 heteroatoms. The maximum atomic E-state index is 10.7. The van der Waals surface area contributed by atoms with Crippen LogP contribution in [0.4, 0.5) is 0 Å². The second kappa shape index (κ2) is 6.79. The highest BCUT2D eigenvalue weighted by atomic mass is 31.1. The Balaban J connectivity index is 2.11. The minimum absolute atomic E-state index is 0.185. The van der Waals surface area contributed by atoms with E-state index in [0.717, 1.165) is 5.30 Å². The number of carbonyl (C=O) groups excluding carboxylic acids is 2. The molecular formula is C13H15N2O4P-2. The number of carbonyl (C=O) groups is 2. The van der Waals surface area contributed by atoms with Gasteiger partial charge in [0.15, 0.2) is 0 Å². The second-order valence-corrected chi connectivity index (χ2v) is 6.86. The summed E-state index contributed by atoms with van der Waals surface area (Å²) in [6.45, 7) is -0.0575. The molecule has 0 saturated carbocycles. The van der Waals surface area contributed by atoms with Crippen molar-refractivity contribution in [2.45, 2.75) is 0 Å². The number of hydrogen-bond acceptors (Lipinski definition) is 6. The van der Waals surface area contributed by atoms with Gasteiger partial charge in [0.1, 0.15) is 0 Å². The maximum Gasteiger partial charge on any atom is 0.0555 e. The molecule has 0 amide bonds. The number of carboxylic acids is 2. The molecule has 0 N–H and O–H groups in total. The molecule has 1 fully saturated rings. The lowest BCUT2D eigenvalue weighted by Gasteiger charge is -2.40. The quantitative estimate of drug-likeness (QED) is 0.572. The maximum absolute atomic E-state index is 10.7. The highest BCUT2D eigenvalue weighted by Crippen LogP contribution is 2.38. The molecule has 6 nitrogen and oxygen atoms in total. The number of benzene rings is 1. The van der Waals surface area contributed by atoms with Crippen LogP contribution in [0.5, 0.6) is 0 Å². The summed E-state index contributed by atoms with van der Waals surface area (Å²) in [6.07, 6.45) is 1.27. The van der Waals surface area contributed by atoms with Gasteiger partial charge in [-0.3, -0.25) is 9.80 Å². The fraction of sp³-hybridized carbons (Fsp3) is 0.385. The molecule has 0 aromatic heterocycles. The van der Waals surface area contributed by atoms with Crippen LogP contribution in [0.25, 0.3) is 0 Å². The van der Waals surface area contributed by atoms with Crippen molar-refractivity contribution >= 4 is 25.2 Å². The lowest BCUT2D eigenvalue weighted by atomic mass is 10.4. The van der Waals surface area contributed by atoms with Gasteiger partial charge in [-0.1, -0.05) is 30.3 Å². The Morgan fingerprint density at radius 1 is 1.00 bits per heavy atom. The van der Waals surface area contributed by atoms with Crippen molar-refractivity contribution in [3.63, 3.8) is 0 Å². The molecule has 0 radical (unpaired) electrons. The molecule has 108 valence electrons. The van der Waals surface area contributed by atoms with E-state index >= 15 is 0 Å². The number of aliphatic carboxylic acids is 2. The van der Waals surface area contributed by atoms with E-state index in [9.17, 15) is 19.8 Å². The zero-order chi connectivity index (χ0) is 14.5. The molecule has 1 saturated heterocycles. The second-order valence-electron chi connectivity index (χ2n) is 4.70. The monoisotopic (exact) mass is 294 g/mol. The Hall–Kier alpha value is -1.49. The largest absolute Gasteiger partial charge is 0.549 e. The predicted octanol–water partition coefficient (Wildman–Crippen LogP) is -2.22. The van der Waals surface area contributed by atoms with Crippen molar-refractivity contribution < 1.29 is 19.8 Å². The summed E-state index contributed by atoms with van der Waals surface area (Å²) in [5.41, 5.74) is 0. The van der Waals surface area contributed by atoms with Gasteiger partial charge in [-0.25, -0.2) is 0 Å². The van der Waals surface area contributed by atoms with Crippen LogP contribution < -0.4 is 15.5 Å². The molecule has 20 heavy (non-hydrogen) atoms. The number of rotatable bonds is 5. The third-order valence-electron chi connectivity index (χ3n) is 2.97. The molecule has 1 aliphatic rings. The normalized spacial score (nSPS) is 18.0. The summed E-state index contributed by atoms with van der Waals surface area (Å²) in [7, 11) is -0.637. The third-order valence-corrected chi connectivity index (χ3v) is 5.48.